The predicted molar refractivity (Wildman–Crippen MR) is 93.6 cm³/mol. The van der Waals surface area contributed by atoms with Crippen LogP contribution in [-0.4, -0.2) is 10.7 Å². The average Bonchev–Trinajstić information content (AvgIpc) is 2.35. The number of anilines is 1. The van der Waals surface area contributed by atoms with Gasteiger partial charge >= 0.3 is 0 Å². The minimum Gasteiger partial charge on any atom is -0.358 e. The molecule has 1 unspecified atom stereocenters. The van der Waals surface area contributed by atoms with Crippen LogP contribution in [0, 0.1) is 0 Å². The molecule has 112 valence electrons. The molecule has 20 heavy (non-hydrogen) atoms. The van der Waals surface area contributed by atoms with E-state index in [-0.39, 0.29) is 5.54 Å². The molecule has 2 N–H and O–H groups in total. The number of para-hydroxylation sites is 1. The van der Waals surface area contributed by atoms with E-state index >= 15 is 0 Å². The highest BCUT2D eigenvalue weighted by atomic mass is 32.1. The molecule has 1 rings (SSSR count). The van der Waals surface area contributed by atoms with Crippen molar-refractivity contribution in [3.05, 3.63) is 29.3 Å². The SMILES string of the molecule is CCc1cccc(C(C)CC)c1NC(=S)NC(C)(C)C. The summed E-state index contributed by atoms with van der Waals surface area (Å²) in [5.41, 5.74) is 3.83. The third-order valence-electron chi connectivity index (χ3n) is 3.43. The fourth-order valence-corrected chi connectivity index (χ4v) is 2.59. The van der Waals surface area contributed by atoms with Crippen LogP contribution in [0.4, 0.5) is 5.69 Å². The van der Waals surface area contributed by atoms with Crippen LogP contribution >= 0.6 is 12.2 Å². The lowest BCUT2D eigenvalue weighted by atomic mass is 9.93. The summed E-state index contributed by atoms with van der Waals surface area (Å²) in [6.45, 7) is 13.0. The normalized spacial score (nSPS) is 12.9. The summed E-state index contributed by atoms with van der Waals surface area (Å²) in [6, 6.07) is 6.52. The van der Waals surface area contributed by atoms with Gasteiger partial charge in [0.25, 0.3) is 0 Å². The molecular formula is C17H28N2S. The second-order valence-electron chi connectivity index (χ2n) is 6.37. The lowest BCUT2D eigenvalue weighted by Gasteiger charge is -2.25. The molecule has 0 fully saturated rings. The molecule has 1 aromatic rings. The summed E-state index contributed by atoms with van der Waals surface area (Å²) in [7, 11) is 0. The number of nitrogens with one attached hydrogen (secondary N) is 2. The van der Waals surface area contributed by atoms with Crippen LogP contribution in [0.15, 0.2) is 18.2 Å². The first-order valence-electron chi connectivity index (χ1n) is 7.49. The van der Waals surface area contributed by atoms with Gasteiger partial charge in [0.2, 0.25) is 0 Å². The van der Waals surface area contributed by atoms with Gasteiger partial charge in [-0.2, -0.15) is 0 Å². The maximum absolute atomic E-state index is 5.45. The van der Waals surface area contributed by atoms with E-state index in [1.165, 1.54) is 16.8 Å². The number of hydrogen-bond acceptors (Lipinski definition) is 1. The number of rotatable bonds is 4. The Morgan fingerprint density at radius 3 is 2.40 bits per heavy atom. The van der Waals surface area contributed by atoms with E-state index in [9.17, 15) is 0 Å². The summed E-state index contributed by atoms with van der Waals surface area (Å²) in [5, 5.41) is 7.44. The fraction of sp³-hybridized carbons (Fsp3) is 0.588. The Morgan fingerprint density at radius 1 is 1.25 bits per heavy atom. The Labute approximate surface area is 129 Å². The first-order valence-corrected chi connectivity index (χ1v) is 7.90. The zero-order valence-electron chi connectivity index (χ0n) is 13.6. The van der Waals surface area contributed by atoms with Crippen molar-refractivity contribution in [3.8, 4) is 0 Å². The van der Waals surface area contributed by atoms with Crippen molar-refractivity contribution in [2.45, 2.75) is 65.8 Å². The molecule has 2 nitrogen and oxygen atoms in total. The van der Waals surface area contributed by atoms with E-state index in [0.717, 1.165) is 12.8 Å². The highest BCUT2D eigenvalue weighted by molar-refractivity contribution is 7.80. The van der Waals surface area contributed by atoms with Crippen molar-refractivity contribution in [1.29, 1.82) is 0 Å². The van der Waals surface area contributed by atoms with Crippen LogP contribution in [0.25, 0.3) is 0 Å². The van der Waals surface area contributed by atoms with Crippen LogP contribution in [0.5, 0.6) is 0 Å². The van der Waals surface area contributed by atoms with Crippen LogP contribution in [-0.2, 0) is 6.42 Å². The van der Waals surface area contributed by atoms with Gasteiger partial charge in [-0.3, -0.25) is 0 Å². The van der Waals surface area contributed by atoms with Gasteiger partial charge in [0.1, 0.15) is 0 Å². The Hall–Kier alpha value is -1.09. The van der Waals surface area contributed by atoms with E-state index in [2.05, 4.69) is 70.4 Å². The second kappa shape index (κ2) is 7.07. The smallest absolute Gasteiger partial charge is 0.171 e. The van der Waals surface area contributed by atoms with Crippen LogP contribution < -0.4 is 10.6 Å². The zero-order chi connectivity index (χ0) is 15.3. The summed E-state index contributed by atoms with van der Waals surface area (Å²) in [5.74, 6) is 0.529. The second-order valence-corrected chi connectivity index (χ2v) is 6.78. The molecule has 3 heteroatoms. The monoisotopic (exact) mass is 292 g/mol. The third-order valence-corrected chi connectivity index (χ3v) is 3.64. The molecule has 0 amide bonds. The van der Waals surface area contributed by atoms with Crippen LogP contribution in [0.1, 0.15) is 65.0 Å². The van der Waals surface area contributed by atoms with Crippen molar-refractivity contribution < 1.29 is 0 Å². The lowest BCUT2D eigenvalue weighted by Crippen LogP contribution is -2.43. The molecule has 0 radical (unpaired) electrons. The number of thiocarbonyl (C=S) groups is 1. The first-order chi connectivity index (χ1) is 9.28. The van der Waals surface area contributed by atoms with Crippen molar-refractivity contribution in [2.24, 2.45) is 0 Å². The topological polar surface area (TPSA) is 24.1 Å². The number of aryl methyl sites for hydroxylation is 1. The maximum atomic E-state index is 5.45. The van der Waals surface area contributed by atoms with Gasteiger partial charge in [-0.15, -0.1) is 0 Å². The van der Waals surface area contributed by atoms with Gasteiger partial charge in [0.05, 0.1) is 0 Å². The highest BCUT2D eigenvalue weighted by Gasteiger charge is 2.16. The van der Waals surface area contributed by atoms with E-state index in [1.54, 1.807) is 0 Å². The average molecular weight is 292 g/mol. The van der Waals surface area contributed by atoms with Gasteiger partial charge in [0, 0.05) is 11.2 Å². The number of hydrogen-bond donors (Lipinski definition) is 2. The number of benzene rings is 1. The van der Waals surface area contributed by atoms with Crippen molar-refractivity contribution in [1.82, 2.24) is 5.32 Å². The Kier molecular flexibility index (Phi) is 6.00. The Bertz CT molecular complexity index is 461. The molecule has 0 heterocycles. The van der Waals surface area contributed by atoms with E-state index < -0.39 is 0 Å². The summed E-state index contributed by atoms with van der Waals surface area (Å²) >= 11 is 5.45. The molecule has 0 aliphatic rings. The molecule has 0 saturated carbocycles. The van der Waals surface area contributed by atoms with Crippen molar-refractivity contribution in [3.63, 3.8) is 0 Å². The van der Waals surface area contributed by atoms with Gasteiger partial charge in [-0.1, -0.05) is 39.0 Å². The third kappa shape index (κ3) is 4.78. The molecular weight excluding hydrogens is 264 g/mol. The summed E-state index contributed by atoms with van der Waals surface area (Å²) in [4.78, 5) is 0. The molecule has 0 aliphatic carbocycles. The summed E-state index contributed by atoms with van der Waals surface area (Å²) in [6.07, 6.45) is 2.13. The van der Waals surface area contributed by atoms with Gasteiger partial charge < -0.3 is 10.6 Å². The van der Waals surface area contributed by atoms with Crippen molar-refractivity contribution in [2.75, 3.05) is 5.32 Å². The standard InChI is InChI=1S/C17H28N2S/c1-7-12(3)14-11-9-10-13(8-2)15(14)18-16(20)19-17(4,5)6/h9-12H,7-8H2,1-6H3,(H2,18,19,20). The minimum atomic E-state index is -0.0260. The maximum Gasteiger partial charge on any atom is 0.171 e. The van der Waals surface area contributed by atoms with Crippen LogP contribution in [0.2, 0.25) is 0 Å². The molecule has 1 aromatic carbocycles. The predicted octanol–water partition coefficient (Wildman–Crippen LogP) is 4.85. The zero-order valence-corrected chi connectivity index (χ0v) is 14.4. The first kappa shape index (κ1) is 17.0. The molecule has 1 atom stereocenters. The molecule has 0 aromatic heterocycles. The summed E-state index contributed by atoms with van der Waals surface area (Å²) < 4.78 is 0. The van der Waals surface area contributed by atoms with Gasteiger partial charge in [0.15, 0.2) is 5.11 Å². The molecule has 0 spiro atoms. The quantitative estimate of drug-likeness (QED) is 0.776. The largest absolute Gasteiger partial charge is 0.358 e. The Morgan fingerprint density at radius 2 is 1.90 bits per heavy atom. The van der Waals surface area contributed by atoms with Gasteiger partial charge in [-0.25, -0.2) is 0 Å². The van der Waals surface area contributed by atoms with Gasteiger partial charge in [-0.05, 0) is 62.9 Å². The Balaban J connectivity index is 3.05. The molecule has 0 saturated heterocycles. The fourth-order valence-electron chi connectivity index (χ4n) is 2.18. The van der Waals surface area contributed by atoms with E-state index in [0.29, 0.717) is 11.0 Å². The van der Waals surface area contributed by atoms with E-state index in [1.807, 2.05) is 0 Å². The highest BCUT2D eigenvalue weighted by Crippen LogP contribution is 2.30. The minimum absolute atomic E-state index is 0.0260. The van der Waals surface area contributed by atoms with Crippen LogP contribution in [0.3, 0.4) is 0 Å². The molecule has 0 bridgehead atoms. The lowest BCUT2D eigenvalue weighted by molar-refractivity contribution is 0.515. The molecule has 0 aliphatic heterocycles. The van der Waals surface area contributed by atoms with E-state index in [4.69, 9.17) is 12.2 Å². The van der Waals surface area contributed by atoms with Crippen molar-refractivity contribution >= 4 is 23.0 Å².